The Morgan fingerprint density at radius 3 is 2.86 bits per heavy atom. The first-order valence-electron chi connectivity index (χ1n) is 1.77. The van der Waals surface area contributed by atoms with Crippen LogP contribution >= 0.6 is 0 Å². The van der Waals surface area contributed by atoms with Crippen LogP contribution in [0.4, 0.5) is 0 Å². The third-order valence-corrected chi connectivity index (χ3v) is 0.497. The second-order valence-electron chi connectivity index (χ2n) is 0.994. The molecule has 0 aromatic rings. The van der Waals surface area contributed by atoms with Crippen molar-refractivity contribution in [2.45, 2.75) is 0 Å². The van der Waals surface area contributed by atoms with Crippen LogP contribution in [0.5, 0.6) is 0 Å². The molecule has 7 heavy (non-hydrogen) atoms. The third-order valence-electron chi connectivity index (χ3n) is 0.497. The average Bonchev–Trinajstić information content (AvgIpc) is 1.69. The number of rotatable bonds is 0. The van der Waals surface area contributed by atoms with Crippen molar-refractivity contribution < 1.29 is 14.5 Å². The van der Waals surface area contributed by atoms with E-state index in [1.807, 2.05) is 0 Å². The van der Waals surface area contributed by atoms with Crippen LogP contribution in [0, 0.1) is 0 Å². The molecule has 4 heteroatoms. The maximum absolute atomic E-state index is 10.0. The number of hydrogen-bond donors (Lipinski definition) is 0. The number of hydrogen-bond acceptors (Lipinski definition) is 3. The van der Waals surface area contributed by atoms with E-state index in [1.54, 1.807) is 0 Å². The zero-order valence-electron chi connectivity index (χ0n) is 3.46. The fraction of sp³-hybridized carbons (Fsp3) is 0. The van der Waals surface area contributed by atoms with Crippen molar-refractivity contribution in [1.29, 1.82) is 0 Å². The molecule has 0 saturated carbocycles. The summed E-state index contributed by atoms with van der Waals surface area (Å²) in [6.45, 7) is 0. The monoisotopic (exact) mass is 97.0 g/mol. The molecule has 35 valence electrons. The van der Waals surface area contributed by atoms with E-state index in [-0.39, 0.29) is 0 Å². The Kier molecular flexibility index (Phi) is 1.13. The van der Waals surface area contributed by atoms with Gasteiger partial charge in [-0.1, -0.05) is 5.98 Å². The van der Waals surface area contributed by atoms with Crippen LogP contribution < -0.4 is 0 Å². The Morgan fingerprint density at radius 2 is 2.57 bits per heavy atom. The van der Waals surface area contributed by atoms with E-state index in [0.29, 0.717) is 0 Å². The molecule has 3 nitrogen and oxygen atoms in total. The molecular weight excluding hydrogens is 94.8 g/mol. The molecular formula is C3H2BO3. The van der Waals surface area contributed by atoms with Gasteiger partial charge in [-0.05, 0) is 0 Å². The highest BCUT2D eigenvalue weighted by atomic mass is 17.2. The Bertz CT molecular complexity index is 109. The van der Waals surface area contributed by atoms with Gasteiger partial charge in [0.1, 0.15) is 0 Å². The second-order valence-corrected chi connectivity index (χ2v) is 0.994. The molecule has 0 spiro atoms. The van der Waals surface area contributed by atoms with E-state index in [1.165, 1.54) is 19.5 Å². The molecule has 1 radical (unpaired) electrons. The van der Waals surface area contributed by atoms with Gasteiger partial charge in [-0.3, -0.25) is 4.81 Å². The average molecular weight is 96.9 g/mol. The van der Waals surface area contributed by atoms with Gasteiger partial charge in [0.2, 0.25) is 0 Å². The fourth-order valence-corrected chi connectivity index (χ4v) is 0.253. The van der Waals surface area contributed by atoms with Crippen molar-refractivity contribution in [3.8, 4) is 0 Å². The normalized spacial score (nSPS) is 18.0. The lowest BCUT2D eigenvalue weighted by molar-refractivity contribution is -0.209. The molecule has 0 N–H and O–H groups in total. The molecule has 0 unspecified atom stereocenters. The largest absolute Gasteiger partial charge is 0.391 e. The predicted octanol–water partition coefficient (Wildman–Crippen LogP) is -0.392. The summed E-state index contributed by atoms with van der Waals surface area (Å²) in [7, 11) is 1.28. The standard InChI is InChI=1S/C3H2BO3/c5-3-1-2-4-7-6-3/h1-2H. The summed E-state index contributed by atoms with van der Waals surface area (Å²) in [4.78, 5) is 18.1. The second kappa shape index (κ2) is 1.79. The van der Waals surface area contributed by atoms with Crippen molar-refractivity contribution in [3.63, 3.8) is 0 Å². The minimum atomic E-state index is -0.470. The van der Waals surface area contributed by atoms with Gasteiger partial charge in [0.15, 0.2) is 0 Å². The van der Waals surface area contributed by atoms with Crippen molar-refractivity contribution >= 4 is 13.5 Å². The summed E-state index contributed by atoms with van der Waals surface area (Å²) in [6.07, 6.45) is 1.27. The molecule has 0 bridgehead atoms. The maximum atomic E-state index is 10.0. The molecule has 1 heterocycles. The van der Waals surface area contributed by atoms with Gasteiger partial charge in [-0.15, -0.1) is 0 Å². The van der Waals surface area contributed by atoms with E-state index in [2.05, 4.69) is 9.69 Å². The van der Waals surface area contributed by atoms with Crippen LogP contribution in [0.25, 0.3) is 0 Å². The topological polar surface area (TPSA) is 35.5 Å². The van der Waals surface area contributed by atoms with Crippen molar-refractivity contribution in [2.75, 3.05) is 0 Å². The number of carbonyl (C=O) groups is 1. The first-order valence-corrected chi connectivity index (χ1v) is 1.77. The summed E-state index contributed by atoms with van der Waals surface area (Å²) in [5.41, 5.74) is 0. The smallest absolute Gasteiger partial charge is 0.310 e. The first kappa shape index (κ1) is 4.40. The summed E-state index contributed by atoms with van der Waals surface area (Å²) < 4.78 is 0. The summed E-state index contributed by atoms with van der Waals surface area (Å²) >= 11 is 0. The molecule has 1 aliphatic heterocycles. The minimum absolute atomic E-state index is 0.470. The highest BCUT2D eigenvalue weighted by molar-refractivity contribution is 6.35. The van der Waals surface area contributed by atoms with E-state index in [0.717, 1.165) is 0 Å². The Morgan fingerprint density at radius 1 is 1.71 bits per heavy atom. The van der Waals surface area contributed by atoms with Gasteiger partial charge in [-0.2, -0.15) is 0 Å². The van der Waals surface area contributed by atoms with Gasteiger partial charge in [0.05, 0.1) is 0 Å². The molecule has 1 aliphatic rings. The van der Waals surface area contributed by atoms with Crippen LogP contribution in [-0.4, -0.2) is 13.5 Å². The zero-order chi connectivity index (χ0) is 5.11. The zero-order valence-corrected chi connectivity index (χ0v) is 3.46. The SMILES string of the molecule is O=C1C=C[B]OO1. The fourth-order valence-electron chi connectivity index (χ4n) is 0.253. The van der Waals surface area contributed by atoms with Crippen LogP contribution in [-0.2, 0) is 14.5 Å². The van der Waals surface area contributed by atoms with E-state index in [4.69, 9.17) is 0 Å². The quantitative estimate of drug-likeness (QED) is 0.305. The first-order chi connectivity index (χ1) is 3.39. The molecule has 0 aromatic carbocycles. The summed E-state index contributed by atoms with van der Waals surface area (Å²) in [5, 5.41) is 0. The third kappa shape index (κ3) is 1.05. The molecule has 0 atom stereocenters. The lowest BCUT2D eigenvalue weighted by Crippen LogP contribution is -2.09. The highest BCUT2D eigenvalue weighted by Crippen LogP contribution is 1.88. The van der Waals surface area contributed by atoms with Crippen molar-refractivity contribution in [1.82, 2.24) is 0 Å². The van der Waals surface area contributed by atoms with E-state index in [9.17, 15) is 4.79 Å². The van der Waals surface area contributed by atoms with Crippen molar-refractivity contribution in [3.05, 3.63) is 12.1 Å². The van der Waals surface area contributed by atoms with E-state index >= 15 is 0 Å². The molecule has 0 aliphatic carbocycles. The van der Waals surface area contributed by atoms with Crippen LogP contribution in [0.2, 0.25) is 0 Å². The molecule has 0 saturated heterocycles. The summed E-state index contributed by atoms with van der Waals surface area (Å²) in [6, 6.07) is 0. The Balaban J connectivity index is 2.51. The van der Waals surface area contributed by atoms with E-state index < -0.39 is 5.97 Å². The van der Waals surface area contributed by atoms with Gasteiger partial charge in [-0.25, -0.2) is 4.79 Å². The minimum Gasteiger partial charge on any atom is -0.310 e. The Hall–Kier alpha value is -0.765. The predicted molar refractivity (Wildman–Crippen MR) is 22.1 cm³/mol. The van der Waals surface area contributed by atoms with Gasteiger partial charge in [0.25, 0.3) is 0 Å². The lowest BCUT2D eigenvalue weighted by Gasteiger charge is -1.99. The summed E-state index contributed by atoms with van der Waals surface area (Å²) in [5.74, 6) is 0.994. The van der Waals surface area contributed by atoms with Gasteiger partial charge < -0.3 is 4.89 Å². The van der Waals surface area contributed by atoms with Crippen molar-refractivity contribution in [2.24, 2.45) is 0 Å². The van der Waals surface area contributed by atoms with Crippen LogP contribution in [0.3, 0.4) is 0 Å². The Labute approximate surface area is 41.1 Å². The lowest BCUT2D eigenvalue weighted by atomic mass is 10.0. The molecule has 0 fully saturated rings. The highest BCUT2D eigenvalue weighted by Gasteiger charge is 2.02. The van der Waals surface area contributed by atoms with Crippen LogP contribution in [0.15, 0.2) is 12.1 Å². The number of carbonyl (C=O) groups excluding carboxylic acids is 1. The maximum Gasteiger partial charge on any atom is 0.391 e. The van der Waals surface area contributed by atoms with Gasteiger partial charge in [0, 0.05) is 6.08 Å². The van der Waals surface area contributed by atoms with Crippen LogP contribution in [0.1, 0.15) is 0 Å². The molecule has 1 rings (SSSR count). The van der Waals surface area contributed by atoms with Gasteiger partial charge >= 0.3 is 13.5 Å². The molecule has 0 aromatic heterocycles. The molecule has 0 amide bonds.